The molecule has 1 heterocycles. The van der Waals surface area contributed by atoms with E-state index in [1.807, 2.05) is 0 Å². The van der Waals surface area contributed by atoms with Gasteiger partial charge in [0, 0.05) is 12.3 Å². The molecule has 1 heteroatoms. The van der Waals surface area contributed by atoms with E-state index in [1.54, 1.807) is 0 Å². The fourth-order valence-corrected chi connectivity index (χ4v) is 4.20. The van der Waals surface area contributed by atoms with Crippen LogP contribution in [0.5, 0.6) is 0 Å². The summed E-state index contributed by atoms with van der Waals surface area (Å²) in [6, 6.07) is 24.5. The molecule has 4 aromatic carbocycles. The number of hydrogen-bond acceptors (Lipinski definition) is 1. The Balaban J connectivity index is 1.85. The third kappa shape index (κ3) is 2.42. The highest BCUT2D eigenvalue weighted by atomic mass is 14.7. The van der Waals surface area contributed by atoms with Crippen molar-refractivity contribution in [2.45, 2.75) is 25.7 Å². The van der Waals surface area contributed by atoms with Crippen LogP contribution in [-0.2, 0) is 0 Å². The first kappa shape index (κ1) is 14.7. The minimum absolute atomic E-state index is 0.978. The number of hydrogen-bond donors (Lipinski definition) is 0. The van der Waals surface area contributed by atoms with Gasteiger partial charge in [0.1, 0.15) is 0 Å². The SMILES string of the molecule is c1ccc2c(c1)c1ccccc1c1cc(C3=NCCCCC3)ccc21. The van der Waals surface area contributed by atoms with E-state index in [4.69, 9.17) is 4.99 Å². The second-order valence-electron chi connectivity index (χ2n) is 6.99. The lowest BCUT2D eigenvalue weighted by Gasteiger charge is -2.12. The molecule has 0 fully saturated rings. The van der Waals surface area contributed by atoms with Gasteiger partial charge in [-0.15, -0.1) is 0 Å². The highest BCUT2D eigenvalue weighted by Crippen LogP contribution is 2.35. The topological polar surface area (TPSA) is 12.4 Å². The molecule has 0 saturated heterocycles. The Kier molecular flexibility index (Phi) is 3.52. The van der Waals surface area contributed by atoms with Crippen LogP contribution in [0.4, 0.5) is 0 Å². The van der Waals surface area contributed by atoms with Gasteiger partial charge in [-0.3, -0.25) is 4.99 Å². The smallest absolute Gasteiger partial charge is 0.0420 e. The lowest BCUT2D eigenvalue weighted by molar-refractivity contribution is 0.731. The van der Waals surface area contributed by atoms with Gasteiger partial charge in [-0.2, -0.15) is 0 Å². The summed E-state index contributed by atoms with van der Waals surface area (Å²) in [5.74, 6) is 0. The van der Waals surface area contributed by atoms with Crippen LogP contribution in [0.15, 0.2) is 71.7 Å². The lowest BCUT2D eigenvalue weighted by atomic mass is 9.92. The van der Waals surface area contributed by atoms with Gasteiger partial charge in [-0.1, -0.05) is 67.1 Å². The van der Waals surface area contributed by atoms with Crippen molar-refractivity contribution in [3.05, 3.63) is 72.3 Å². The first-order chi connectivity index (χ1) is 12.4. The molecular formula is C24H21N. The Morgan fingerprint density at radius 3 is 1.84 bits per heavy atom. The molecule has 1 nitrogen and oxygen atoms in total. The van der Waals surface area contributed by atoms with Crippen molar-refractivity contribution in [3.63, 3.8) is 0 Å². The molecule has 0 N–H and O–H groups in total. The molecule has 0 amide bonds. The Morgan fingerprint density at radius 1 is 0.560 bits per heavy atom. The largest absolute Gasteiger partial charge is 0.289 e. The van der Waals surface area contributed by atoms with Gasteiger partial charge in [0.15, 0.2) is 0 Å². The number of fused-ring (bicyclic) bond motifs is 6. The second kappa shape index (κ2) is 6.00. The van der Waals surface area contributed by atoms with Gasteiger partial charge in [0.05, 0.1) is 0 Å². The number of nitrogens with zero attached hydrogens (tertiary/aromatic N) is 1. The Bertz CT molecular complexity index is 1090. The van der Waals surface area contributed by atoms with Gasteiger partial charge in [0.25, 0.3) is 0 Å². The summed E-state index contributed by atoms with van der Waals surface area (Å²) in [6.45, 7) is 0.978. The molecule has 1 aliphatic rings. The standard InChI is InChI=1S/C24H21N/c1-2-12-24(25-15-7-1)17-13-14-22-20-10-4-3-8-18(20)19-9-5-6-11-21(19)23(22)16-17/h3-6,8-11,13-14,16H,1-2,7,12,15H2. The van der Waals surface area contributed by atoms with Gasteiger partial charge < -0.3 is 0 Å². The van der Waals surface area contributed by atoms with E-state index in [0.29, 0.717) is 0 Å². The molecule has 0 bridgehead atoms. The van der Waals surface area contributed by atoms with E-state index in [2.05, 4.69) is 66.7 Å². The van der Waals surface area contributed by atoms with Crippen molar-refractivity contribution in [2.75, 3.05) is 6.54 Å². The normalized spacial score (nSPS) is 15.4. The molecule has 0 saturated carbocycles. The molecule has 0 atom stereocenters. The van der Waals surface area contributed by atoms with Crippen molar-refractivity contribution in [2.24, 2.45) is 4.99 Å². The van der Waals surface area contributed by atoms with Crippen molar-refractivity contribution >= 4 is 38.0 Å². The van der Waals surface area contributed by atoms with E-state index < -0.39 is 0 Å². The lowest BCUT2D eigenvalue weighted by Crippen LogP contribution is -2.00. The summed E-state index contributed by atoms with van der Waals surface area (Å²) in [7, 11) is 0. The Labute approximate surface area is 148 Å². The third-order valence-electron chi connectivity index (χ3n) is 5.45. The minimum Gasteiger partial charge on any atom is -0.289 e. The molecular weight excluding hydrogens is 302 g/mol. The number of benzene rings is 4. The monoisotopic (exact) mass is 323 g/mol. The third-order valence-corrected chi connectivity index (χ3v) is 5.45. The minimum atomic E-state index is 0.978. The molecule has 0 spiro atoms. The van der Waals surface area contributed by atoms with Crippen molar-refractivity contribution in [3.8, 4) is 0 Å². The average molecular weight is 323 g/mol. The van der Waals surface area contributed by atoms with E-state index in [1.165, 1.54) is 62.9 Å². The Hall–Kier alpha value is -2.67. The summed E-state index contributed by atoms with van der Waals surface area (Å²) in [5.41, 5.74) is 2.59. The van der Waals surface area contributed by atoms with Crippen LogP contribution in [0.2, 0.25) is 0 Å². The van der Waals surface area contributed by atoms with E-state index in [-0.39, 0.29) is 0 Å². The number of aliphatic imine (C=N–C) groups is 1. The fourth-order valence-electron chi connectivity index (χ4n) is 4.20. The Morgan fingerprint density at radius 2 is 1.16 bits per heavy atom. The summed E-state index contributed by atoms with van der Waals surface area (Å²) < 4.78 is 0. The van der Waals surface area contributed by atoms with Crippen molar-refractivity contribution in [1.82, 2.24) is 0 Å². The molecule has 122 valence electrons. The van der Waals surface area contributed by atoms with E-state index in [9.17, 15) is 0 Å². The van der Waals surface area contributed by atoms with Crippen LogP contribution in [0.3, 0.4) is 0 Å². The average Bonchev–Trinajstić information content (AvgIpc) is 2.97. The van der Waals surface area contributed by atoms with Crippen LogP contribution in [0.25, 0.3) is 32.3 Å². The second-order valence-corrected chi connectivity index (χ2v) is 6.99. The first-order valence-electron chi connectivity index (χ1n) is 9.29. The maximum Gasteiger partial charge on any atom is 0.0420 e. The molecule has 0 radical (unpaired) electrons. The highest BCUT2D eigenvalue weighted by molar-refractivity contribution is 6.26. The first-order valence-corrected chi connectivity index (χ1v) is 9.29. The van der Waals surface area contributed by atoms with Crippen LogP contribution >= 0.6 is 0 Å². The number of rotatable bonds is 1. The van der Waals surface area contributed by atoms with Crippen LogP contribution in [-0.4, -0.2) is 12.3 Å². The maximum atomic E-state index is 4.86. The molecule has 1 aliphatic heterocycles. The molecule has 4 aromatic rings. The van der Waals surface area contributed by atoms with E-state index >= 15 is 0 Å². The summed E-state index contributed by atoms with van der Waals surface area (Å²) in [4.78, 5) is 4.86. The van der Waals surface area contributed by atoms with E-state index in [0.717, 1.165) is 13.0 Å². The molecule has 0 aromatic heterocycles. The zero-order valence-corrected chi connectivity index (χ0v) is 14.3. The zero-order chi connectivity index (χ0) is 16.6. The maximum absolute atomic E-state index is 4.86. The highest BCUT2D eigenvalue weighted by Gasteiger charge is 2.11. The molecule has 5 rings (SSSR count). The summed E-state index contributed by atoms with van der Waals surface area (Å²) >= 11 is 0. The predicted molar refractivity (Wildman–Crippen MR) is 109 cm³/mol. The molecule has 25 heavy (non-hydrogen) atoms. The van der Waals surface area contributed by atoms with Gasteiger partial charge >= 0.3 is 0 Å². The fraction of sp³-hybridized carbons (Fsp3) is 0.208. The van der Waals surface area contributed by atoms with Crippen LogP contribution in [0.1, 0.15) is 31.2 Å². The van der Waals surface area contributed by atoms with Crippen LogP contribution < -0.4 is 0 Å². The zero-order valence-electron chi connectivity index (χ0n) is 14.3. The summed E-state index contributed by atoms with van der Waals surface area (Å²) in [5, 5.41) is 8.04. The van der Waals surface area contributed by atoms with Crippen LogP contribution in [0, 0.1) is 0 Å². The predicted octanol–water partition coefficient (Wildman–Crippen LogP) is 6.51. The van der Waals surface area contributed by atoms with Gasteiger partial charge in [0.2, 0.25) is 0 Å². The van der Waals surface area contributed by atoms with Gasteiger partial charge in [-0.25, -0.2) is 0 Å². The van der Waals surface area contributed by atoms with Crippen molar-refractivity contribution < 1.29 is 0 Å². The van der Waals surface area contributed by atoms with Gasteiger partial charge in [-0.05, 0) is 63.2 Å². The van der Waals surface area contributed by atoms with Crippen molar-refractivity contribution in [1.29, 1.82) is 0 Å². The quantitative estimate of drug-likeness (QED) is 0.354. The summed E-state index contributed by atoms with van der Waals surface area (Å²) in [6.07, 6.45) is 4.89. The molecule has 0 aliphatic carbocycles. The molecule has 0 unspecified atom stereocenters.